The van der Waals surface area contributed by atoms with E-state index in [9.17, 15) is 22.4 Å². The molecule has 0 spiro atoms. The van der Waals surface area contributed by atoms with E-state index in [1.165, 1.54) is 30.5 Å². The van der Waals surface area contributed by atoms with Crippen LogP contribution in [0.1, 0.15) is 31.2 Å². The monoisotopic (exact) mass is 491 g/mol. The van der Waals surface area contributed by atoms with E-state index in [4.69, 9.17) is 16.7 Å². The van der Waals surface area contributed by atoms with Gasteiger partial charge in [-0.1, -0.05) is 17.7 Å². The quantitative estimate of drug-likeness (QED) is 0.433. The number of benzene rings is 2. The highest BCUT2D eigenvalue weighted by Gasteiger charge is 2.30. The standard InChI is InChI=1S/C21H19ClFN5O4S/c1-10-13(6-21(30)27-18-4-12-9-25-28-17(12)8-16(18)23)14(7-20(29)26-10)11-2-3-15(22)19(5-11)33(24,31)32/h2-5,8-9,14H,6-7H2,1H3,(H,25,28)(H,26,29)(H,27,30)(H2,24,31,32). The zero-order chi connectivity index (χ0) is 23.9. The first-order chi connectivity index (χ1) is 15.5. The fourth-order valence-corrected chi connectivity index (χ4v) is 4.95. The number of aromatic nitrogens is 2. The molecule has 9 nitrogen and oxygen atoms in total. The lowest BCUT2D eigenvalue weighted by Gasteiger charge is -2.28. The molecular formula is C21H19ClFN5O4S. The number of nitrogens with zero attached hydrogens (tertiary/aromatic N) is 1. The first-order valence-electron chi connectivity index (χ1n) is 9.77. The fraction of sp³-hybridized carbons (Fsp3) is 0.190. The van der Waals surface area contributed by atoms with Crippen molar-refractivity contribution in [3.05, 3.63) is 64.2 Å². The van der Waals surface area contributed by atoms with Crippen LogP contribution in [0.15, 0.2) is 52.7 Å². The lowest BCUT2D eigenvalue weighted by atomic mass is 9.83. The molecule has 2 heterocycles. The number of allylic oxidation sites excluding steroid dienone is 1. The Morgan fingerprint density at radius 1 is 1.33 bits per heavy atom. The highest BCUT2D eigenvalue weighted by Crippen LogP contribution is 2.37. The van der Waals surface area contributed by atoms with Gasteiger partial charge in [0.05, 0.1) is 28.8 Å². The second-order valence-corrected chi connectivity index (χ2v) is 9.64. The Balaban J connectivity index is 1.64. The summed E-state index contributed by atoms with van der Waals surface area (Å²) in [7, 11) is -4.10. The molecule has 0 fully saturated rings. The lowest BCUT2D eigenvalue weighted by molar-refractivity contribution is -0.121. The van der Waals surface area contributed by atoms with Gasteiger partial charge in [-0.25, -0.2) is 17.9 Å². The van der Waals surface area contributed by atoms with Crippen molar-refractivity contribution in [2.24, 2.45) is 5.14 Å². The summed E-state index contributed by atoms with van der Waals surface area (Å²) in [5.41, 5.74) is 1.97. The highest BCUT2D eigenvalue weighted by atomic mass is 35.5. The highest BCUT2D eigenvalue weighted by molar-refractivity contribution is 7.89. The molecule has 4 rings (SSSR count). The van der Waals surface area contributed by atoms with Gasteiger partial charge in [-0.3, -0.25) is 14.7 Å². The average Bonchev–Trinajstić information content (AvgIpc) is 3.16. The molecule has 12 heteroatoms. The van der Waals surface area contributed by atoms with Crippen molar-refractivity contribution in [1.29, 1.82) is 0 Å². The topological polar surface area (TPSA) is 147 Å². The Bertz CT molecular complexity index is 1430. The number of primary sulfonamides is 1. The van der Waals surface area contributed by atoms with Crippen molar-refractivity contribution in [3.63, 3.8) is 0 Å². The predicted octanol–water partition coefficient (Wildman–Crippen LogP) is 2.91. The number of rotatable bonds is 5. The average molecular weight is 492 g/mol. The van der Waals surface area contributed by atoms with Gasteiger partial charge in [0, 0.05) is 29.5 Å². The maximum atomic E-state index is 14.4. The molecule has 1 atom stereocenters. The van der Waals surface area contributed by atoms with E-state index in [0.717, 1.165) is 0 Å². The first-order valence-corrected chi connectivity index (χ1v) is 11.7. The van der Waals surface area contributed by atoms with Crippen LogP contribution >= 0.6 is 11.6 Å². The van der Waals surface area contributed by atoms with Crippen LogP contribution < -0.4 is 15.8 Å². The zero-order valence-corrected chi connectivity index (χ0v) is 18.8. The van der Waals surface area contributed by atoms with E-state index in [-0.39, 0.29) is 34.4 Å². The number of carbonyl (C=O) groups excluding carboxylic acids is 2. The summed E-state index contributed by atoms with van der Waals surface area (Å²) >= 11 is 5.98. The Hall–Kier alpha value is -3.28. The molecule has 0 aliphatic carbocycles. The van der Waals surface area contributed by atoms with Gasteiger partial charge in [0.1, 0.15) is 10.7 Å². The van der Waals surface area contributed by atoms with Crippen LogP contribution in [0.3, 0.4) is 0 Å². The summed E-state index contributed by atoms with van der Waals surface area (Å²) in [6.45, 7) is 1.64. The number of anilines is 1. The number of fused-ring (bicyclic) bond motifs is 1. The third-order valence-corrected chi connectivity index (χ3v) is 6.83. The van der Waals surface area contributed by atoms with Gasteiger partial charge >= 0.3 is 0 Å². The third-order valence-electron chi connectivity index (χ3n) is 5.44. The second kappa shape index (κ2) is 8.58. The molecular weight excluding hydrogens is 473 g/mol. The summed E-state index contributed by atoms with van der Waals surface area (Å²) in [5.74, 6) is -2.02. The van der Waals surface area contributed by atoms with E-state index >= 15 is 0 Å². The van der Waals surface area contributed by atoms with Crippen molar-refractivity contribution < 1.29 is 22.4 Å². The summed E-state index contributed by atoms with van der Waals surface area (Å²) in [4.78, 5) is 24.7. The van der Waals surface area contributed by atoms with Crippen LogP contribution in [0.5, 0.6) is 0 Å². The number of aromatic amines is 1. The molecule has 2 aromatic carbocycles. The minimum Gasteiger partial charge on any atom is -0.330 e. The summed E-state index contributed by atoms with van der Waals surface area (Å²) in [6, 6.07) is 6.96. The molecule has 33 heavy (non-hydrogen) atoms. The summed E-state index contributed by atoms with van der Waals surface area (Å²) in [6.07, 6.45) is 1.33. The normalized spacial score (nSPS) is 16.7. The molecule has 1 unspecified atom stereocenters. The van der Waals surface area contributed by atoms with Crippen LogP contribution in [0, 0.1) is 5.82 Å². The van der Waals surface area contributed by atoms with E-state index in [1.54, 1.807) is 13.0 Å². The molecule has 1 aliphatic heterocycles. The van der Waals surface area contributed by atoms with Crippen LogP contribution in [-0.4, -0.2) is 30.4 Å². The van der Waals surface area contributed by atoms with Gasteiger partial charge in [0.25, 0.3) is 0 Å². The van der Waals surface area contributed by atoms with Gasteiger partial charge in [-0.2, -0.15) is 5.10 Å². The smallest absolute Gasteiger partial charge is 0.239 e. The van der Waals surface area contributed by atoms with Crippen molar-refractivity contribution >= 4 is 50.0 Å². The number of nitrogens with two attached hydrogens (primary N) is 1. The van der Waals surface area contributed by atoms with Gasteiger partial charge in [-0.05, 0) is 36.3 Å². The van der Waals surface area contributed by atoms with Crippen molar-refractivity contribution in [1.82, 2.24) is 15.5 Å². The van der Waals surface area contributed by atoms with Crippen molar-refractivity contribution in [2.75, 3.05) is 5.32 Å². The minimum absolute atomic E-state index is 0.00782. The Morgan fingerprint density at radius 2 is 2.09 bits per heavy atom. The van der Waals surface area contributed by atoms with E-state index in [0.29, 0.717) is 27.7 Å². The van der Waals surface area contributed by atoms with E-state index in [1.807, 2.05) is 0 Å². The van der Waals surface area contributed by atoms with Gasteiger partial charge in [0.2, 0.25) is 21.8 Å². The van der Waals surface area contributed by atoms with Crippen LogP contribution in [0.4, 0.5) is 10.1 Å². The number of sulfonamides is 1. The predicted molar refractivity (Wildman–Crippen MR) is 120 cm³/mol. The molecule has 3 aromatic rings. The number of halogens is 2. The van der Waals surface area contributed by atoms with Crippen LogP contribution in [0.25, 0.3) is 10.9 Å². The van der Waals surface area contributed by atoms with E-state index in [2.05, 4.69) is 20.8 Å². The molecule has 1 aliphatic rings. The lowest BCUT2D eigenvalue weighted by Crippen LogP contribution is -2.32. The Labute approximate surface area is 193 Å². The molecule has 0 bridgehead atoms. The molecule has 0 saturated carbocycles. The molecule has 0 radical (unpaired) electrons. The largest absolute Gasteiger partial charge is 0.330 e. The number of hydrogen-bond acceptors (Lipinski definition) is 5. The maximum Gasteiger partial charge on any atom is 0.239 e. The number of H-pyrrole nitrogens is 1. The number of carbonyl (C=O) groups is 2. The van der Waals surface area contributed by atoms with Crippen molar-refractivity contribution in [3.8, 4) is 0 Å². The maximum absolute atomic E-state index is 14.4. The van der Waals surface area contributed by atoms with E-state index < -0.39 is 27.7 Å². The fourth-order valence-electron chi connectivity index (χ4n) is 3.87. The number of nitrogens with one attached hydrogen (secondary N) is 3. The molecule has 1 aromatic heterocycles. The number of hydrogen-bond donors (Lipinski definition) is 4. The minimum atomic E-state index is -4.10. The molecule has 0 saturated heterocycles. The molecule has 172 valence electrons. The van der Waals surface area contributed by atoms with Gasteiger partial charge in [-0.15, -0.1) is 0 Å². The van der Waals surface area contributed by atoms with Gasteiger partial charge in [0.15, 0.2) is 0 Å². The van der Waals surface area contributed by atoms with Crippen LogP contribution in [0.2, 0.25) is 5.02 Å². The third kappa shape index (κ3) is 4.75. The first kappa shape index (κ1) is 22.9. The molecule has 2 amide bonds. The van der Waals surface area contributed by atoms with Gasteiger partial charge < -0.3 is 10.6 Å². The molecule has 5 N–H and O–H groups in total. The zero-order valence-electron chi connectivity index (χ0n) is 17.3. The summed E-state index contributed by atoms with van der Waals surface area (Å²) < 4.78 is 38.1. The Morgan fingerprint density at radius 3 is 2.82 bits per heavy atom. The second-order valence-electron chi connectivity index (χ2n) is 7.70. The SMILES string of the molecule is CC1=C(CC(=O)Nc2cc3cn[nH]c3cc2F)C(c2ccc(Cl)c(S(N)(=O)=O)c2)CC(=O)N1. The Kier molecular flexibility index (Phi) is 5.95. The summed E-state index contributed by atoms with van der Waals surface area (Å²) in [5, 5.41) is 17.5. The van der Waals surface area contributed by atoms with Crippen LogP contribution in [-0.2, 0) is 19.6 Å². The number of amides is 2. The van der Waals surface area contributed by atoms with Crippen molar-refractivity contribution in [2.45, 2.75) is 30.6 Å².